The molecule has 0 aliphatic heterocycles. The van der Waals surface area contributed by atoms with Crippen LogP contribution in [-0.2, 0) is 0 Å². The van der Waals surface area contributed by atoms with Crippen molar-refractivity contribution in [3.63, 3.8) is 0 Å². The molecule has 0 bridgehead atoms. The summed E-state index contributed by atoms with van der Waals surface area (Å²) < 4.78 is 1.10. The number of rotatable bonds is 0. The van der Waals surface area contributed by atoms with Crippen LogP contribution in [0.4, 0.5) is 0 Å². The van der Waals surface area contributed by atoms with Crippen LogP contribution in [0.2, 0.25) is 5.02 Å². The first-order valence-electron chi connectivity index (χ1n) is 3.21. The molecule has 0 unspecified atom stereocenters. The van der Waals surface area contributed by atoms with Crippen molar-refractivity contribution in [2.45, 2.75) is 13.8 Å². The Morgan fingerprint density at radius 2 is 1.70 bits per heavy atom. The third kappa shape index (κ3) is 3.42. The van der Waals surface area contributed by atoms with Crippen molar-refractivity contribution >= 4 is 34.2 Å². The van der Waals surface area contributed by atoms with Crippen LogP contribution in [-0.4, -0.2) is 0 Å². The molecular weight excluding hydrogens is 258 g/mol. The summed E-state index contributed by atoms with van der Waals surface area (Å²) in [5, 5.41) is 0.827. The highest BCUT2D eigenvalue weighted by Gasteiger charge is 1.88. The maximum absolute atomic E-state index is 5.70. The summed E-state index contributed by atoms with van der Waals surface area (Å²) in [5.41, 5.74) is 0. The summed E-state index contributed by atoms with van der Waals surface area (Å²) in [6, 6.07) is 7.74. The molecule has 0 amide bonds. The monoisotopic (exact) mass is 268 g/mol. The lowest BCUT2D eigenvalue weighted by atomic mass is 10.4. The average molecular weight is 269 g/mol. The second kappa shape index (κ2) is 5.98. The van der Waals surface area contributed by atoms with Crippen molar-refractivity contribution in [3.05, 3.63) is 32.9 Å². The summed E-state index contributed by atoms with van der Waals surface area (Å²) in [6.45, 7) is 4.00. The number of halogens is 2. The maximum atomic E-state index is 5.70. The largest absolute Gasteiger partial charge is 0.0832 e. The molecule has 0 aromatic heterocycles. The minimum Gasteiger partial charge on any atom is -0.0832 e. The highest BCUT2D eigenvalue weighted by Crippen LogP contribution is 2.15. The Bertz CT molecular complexity index is 165. The van der Waals surface area contributed by atoms with E-state index in [0.29, 0.717) is 0 Å². The van der Waals surface area contributed by atoms with Crippen LogP contribution >= 0.6 is 34.2 Å². The Balaban J connectivity index is 0.000000371. The average Bonchev–Trinajstić information content (AvgIpc) is 2.00. The molecule has 0 aliphatic rings. The molecule has 56 valence electrons. The van der Waals surface area contributed by atoms with Gasteiger partial charge >= 0.3 is 0 Å². The first-order valence-corrected chi connectivity index (χ1v) is 4.66. The Morgan fingerprint density at radius 3 is 2.00 bits per heavy atom. The number of hydrogen-bond acceptors (Lipinski definition) is 0. The van der Waals surface area contributed by atoms with E-state index in [0.717, 1.165) is 8.59 Å². The van der Waals surface area contributed by atoms with Crippen molar-refractivity contribution in [3.8, 4) is 0 Å². The fourth-order valence-electron chi connectivity index (χ4n) is 0.439. The number of benzene rings is 1. The van der Waals surface area contributed by atoms with Gasteiger partial charge in [0.25, 0.3) is 0 Å². The van der Waals surface area contributed by atoms with Crippen molar-refractivity contribution in [2.24, 2.45) is 0 Å². The molecule has 0 saturated carbocycles. The van der Waals surface area contributed by atoms with Gasteiger partial charge < -0.3 is 0 Å². The molecule has 1 aromatic rings. The zero-order valence-corrected chi connectivity index (χ0v) is 8.98. The molecule has 1 aromatic carbocycles. The van der Waals surface area contributed by atoms with Crippen LogP contribution in [0.5, 0.6) is 0 Å². The Morgan fingerprint density at radius 1 is 1.20 bits per heavy atom. The minimum absolute atomic E-state index is 0.827. The topological polar surface area (TPSA) is 0 Å². The van der Waals surface area contributed by atoms with E-state index in [1.165, 1.54) is 0 Å². The molecule has 0 atom stereocenters. The molecule has 0 fully saturated rings. The van der Waals surface area contributed by atoms with Gasteiger partial charge in [-0.25, -0.2) is 0 Å². The third-order valence-corrected chi connectivity index (χ3v) is 2.41. The smallest absolute Gasteiger partial charge is 0.0539 e. The van der Waals surface area contributed by atoms with Crippen molar-refractivity contribution in [1.29, 1.82) is 0 Å². The fourth-order valence-corrected chi connectivity index (χ4v) is 0.962. The van der Waals surface area contributed by atoms with Gasteiger partial charge in [-0.2, -0.15) is 0 Å². The Labute approximate surface area is 80.7 Å². The second-order valence-electron chi connectivity index (χ2n) is 1.41. The maximum Gasteiger partial charge on any atom is 0.0539 e. The van der Waals surface area contributed by atoms with E-state index >= 15 is 0 Å². The molecule has 0 saturated heterocycles. The summed E-state index contributed by atoms with van der Waals surface area (Å²) >= 11 is 7.89. The molecule has 2 heteroatoms. The lowest BCUT2D eigenvalue weighted by Crippen LogP contribution is -1.67. The molecule has 0 heterocycles. The predicted molar refractivity (Wildman–Crippen MR) is 55.5 cm³/mol. The molecule has 0 aliphatic carbocycles. The van der Waals surface area contributed by atoms with E-state index < -0.39 is 0 Å². The van der Waals surface area contributed by atoms with Gasteiger partial charge in [0.1, 0.15) is 0 Å². The quantitative estimate of drug-likeness (QED) is 0.625. The van der Waals surface area contributed by atoms with Crippen LogP contribution < -0.4 is 0 Å². The van der Waals surface area contributed by atoms with Gasteiger partial charge in [0.2, 0.25) is 0 Å². The Kier molecular flexibility index (Phi) is 6.13. The van der Waals surface area contributed by atoms with Crippen molar-refractivity contribution < 1.29 is 0 Å². The molecule has 1 rings (SSSR count). The van der Waals surface area contributed by atoms with E-state index in [-0.39, 0.29) is 0 Å². The van der Waals surface area contributed by atoms with Crippen LogP contribution in [0.3, 0.4) is 0 Å². The first kappa shape index (κ1) is 10.2. The highest BCUT2D eigenvalue weighted by molar-refractivity contribution is 14.1. The normalized spacial score (nSPS) is 8.00. The van der Waals surface area contributed by atoms with Gasteiger partial charge in [-0.1, -0.05) is 37.6 Å². The second-order valence-corrected chi connectivity index (χ2v) is 2.98. The summed E-state index contributed by atoms with van der Waals surface area (Å²) in [5.74, 6) is 0. The minimum atomic E-state index is 0.827. The summed E-state index contributed by atoms with van der Waals surface area (Å²) in [7, 11) is 0. The molecule has 0 nitrogen and oxygen atoms in total. The van der Waals surface area contributed by atoms with E-state index in [4.69, 9.17) is 11.6 Å². The van der Waals surface area contributed by atoms with Crippen LogP contribution in [0, 0.1) is 3.57 Å². The lowest BCUT2D eigenvalue weighted by molar-refractivity contribution is 1.50. The van der Waals surface area contributed by atoms with Gasteiger partial charge in [0, 0.05) is 3.57 Å². The van der Waals surface area contributed by atoms with Crippen molar-refractivity contribution in [2.75, 3.05) is 0 Å². The van der Waals surface area contributed by atoms with E-state index in [2.05, 4.69) is 22.6 Å². The van der Waals surface area contributed by atoms with Gasteiger partial charge in [0.15, 0.2) is 0 Å². The fraction of sp³-hybridized carbons (Fsp3) is 0.250. The van der Waals surface area contributed by atoms with Crippen molar-refractivity contribution in [1.82, 2.24) is 0 Å². The molecular formula is C8H10ClI. The van der Waals surface area contributed by atoms with Crippen LogP contribution in [0.25, 0.3) is 0 Å². The van der Waals surface area contributed by atoms with Gasteiger partial charge in [0.05, 0.1) is 5.02 Å². The van der Waals surface area contributed by atoms with Gasteiger partial charge in [-0.3, -0.25) is 0 Å². The predicted octanol–water partition coefficient (Wildman–Crippen LogP) is 3.97. The zero-order chi connectivity index (χ0) is 7.98. The zero-order valence-electron chi connectivity index (χ0n) is 6.07. The van der Waals surface area contributed by atoms with E-state index in [1.807, 2.05) is 38.1 Å². The molecule has 0 N–H and O–H groups in total. The molecule has 0 radical (unpaired) electrons. The van der Waals surface area contributed by atoms with Crippen LogP contribution in [0.1, 0.15) is 13.8 Å². The lowest BCUT2D eigenvalue weighted by Gasteiger charge is -1.89. The van der Waals surface area contributed by atoms with E-state index in [9.17, 15) is 0 Å². The summed E-state index contributed by atoms with van der Waals surface area (Å²) in [6.07, 6.45) is 0. The highest BCUT2D eigenvalue weighted by atomic mass is 127. The first-order chi connectivity index (χ1) is 4.80. The SMILES string of the molecule is CC.Clc1ccccc1I. The molecule has 0 spiro atoms. The van der Waals surface area contributed by atoms with Gasteiger partial charge in [-0.15, -0.1) is 0 Å². The van der Waals surface area contributed by atoms with Gasteiger partial charge in [-0.05, 0) is 34.7 Å². The summed E-state index contributed by atoms with van der Waals surface area (Å²) in [4.78, 5) is 0. The third-order valence-electron chi connectivity index (χ3n) is 0.824. The standard InChI is InChI=1S/C6H4ClI.C2H6/c7-5-3-1-2-4-6(5)8;1-2/h1-4H;1-2H3. The number of hydrogen-bond donors (Lipinski definition) is 0. The molecule has 10 heavy (non-hydrogen) atoms. The van der Waals surface area contributed by atoms with E-state index in [1.54, 1.807) is 0 Å². The Hall–Kier alpha value is 0.240. The van der Waals surface area contributed by atoms with Crippen LogP contribution in [0.15, 0.2) is 24.3 Å².